The highest BCUT2D eigenvalue weighted by Crippen LogP contribution is 2.36. The van der Waals surface area contributed by atoms with Crippen LogP contribution < -0.4 is 20.5 Å². The maximum absolute atomic E-state index is 13.1. The lowest BCUT2D eigenvalue weighted by Crippen LogP contribution is -2.40. The lowest BCUT2D eigenvalue weighted by atomic mass is 9.84. The Kier molecular flexibility index (Phi) is 5.09. The fraction of sp³-hybridized carbons (Fsp3) is 0.0870. The minimum atomic E-state index is -0.716. The molecule has 3 aromatic rings. The topological polar surface area (TPSA) is 98.1 Å². The second-order valence-electron chi connectivity index (χ2n) is 6.63. The van der Waals surface area contributed by atoms with Crippen molar-refractivity contribution in [3.63, 3.8) is 0 Å². The number of esters is 1. The molecule has 0 saturated heterocycles. The number of carbonyl (C=O) groups excluding carboxylic acids is 1. The van der Waals surface area contributed by atoms with Crippen LogP contribution in [0.25, 0.3) is 17.5 Å². The molecule has 2 aromatic carbocycles. The van der Waals surface area contributed by atoms with Crippen molar-refractivity contribution >= 4 is 34.8 Å². The van der Waals surface area contributed by atoms with Gasteiger partial charge in [-0.15, -0.1) is 11.3 Å². The number of hydrogen-bond acceptors (Lipinski definition) is 6. The summed E-state index contributed by atoms with van der Waals surface area (Å²) in [5, 5.41) is 10.00. The number of aromatic nitrogens is 1. The largest absolute Gasteiger partial charge is 0.466 e. The number of benzene rings is 2. The molecule has 0 bridgehead atoms. The fourth-order valence-electron chi connectivity index (χ4n) is 3.54. The molecular weight excluding hydrogens is 398 g/mol. The van der Waals surface area contributed by atoms with E-state index >= 15 is 0 Å². The van der Waals surface area contributed by atoms with E-state index in [-0.39, 0.29) is 22.5 Å². The number of thiazole rings is 1. The second kappa shape index (κ2) is 7.85. The van der Waals surface area contributed by atoms with Gasteiger partial charge in [0.1, 0.15) is 10.5 Å². The fourth-order valence-corrected chi connectivity index (χ4v) is 4.67. The Hall–Kier alpha value is -3.89. The van der Waals surface area contributed by atoms with Crippen LogP contribution in [0.15, 0.2) is 71.0 Å². The Labute approximate surface area is 176 Å². The Morgan fingerprint density at radius 3 is 2.40 bits per heavy atom. The molecule has 0 fully saturated rings. The van der Waals surface area contributed by atoms with Crippen LogP contribution in [0.3, 0.4) is 0 Å². The third-order valence-corrected chi connectivity index (χ3v) is 6.01. The zero-order valence-corrected chi connectivity index (χ0v) is 16.8. The molecule has 4 rings (SSSR count). The minimum Gasteiger partial charge on any atom is -0.466 e. The predicted octanol–water partition coefficient (Wildman–Crippen LogP) is 1.51. The van der Waals surface area contributed by atoms with E-state index in [4.69, 9.17) is 10.5 Å². The summed E-state index contributed by atoms with van der Waals surface area (Å²) in [6.07, 6.45) is 1.75. The normalized spacial score (nSPS) is 16.2. The van der Waals surface area contributed by atoms with E-state index in [1.807, 2.05) is 60.7 Å². The molecule has 30 heavy (non-hydrogen) atoms. The van der Waals surface area contributed by atoms with Crippen molar-refractivity contribution in [2.24, 2.45) is 5.73 Å². The van der Waals surface area contributed by atoms with Crippen LogP contribution in [0.4, 0.5) is 0 Å². The Balaban J connectivity index is 2.10. The van der Waals surface area contributed by atoms with E-state index < -0.39 is 11.9 Å². The van der Waals surface area contributed by atoms with Gasteiger partial charge in [-0.05, 0) is 17.2 Å². The van der Waals surface area contributed by atoms with Crippen molar-refractivity contribution in [3.8, 4) is 6.07 Å². The molecule has 1 aliphatic rings. The van der Waals surface area contributed by atoms with Gasteiger partial charge in [0.15, 0.2) is 0 Å². The molecule has 1 aliphatic heterocycles. The molecule has 1 unspecified atom stereocenters. The number of ether oxygens (including phenoxy) is 1. The van der Waals surface area contributed by atoms with E-state index in [2.05, 4.69) is 6.07 Å². The third kappa shape index (κ3) is 3.13. The summed E-state index contributed by atoms with van der Waals surface area (Å²) in [5.41, 5.74) is 7.89. The first-order chi connectivity index (χ1) is 14.6. The van der Waals surface area contributed by atoms with Crippen molar-refractivity contribution in [1.82, 2.24) is 4.57 Å². The van der Waals surface area contributed by atoms with Crippen LogP contribution in [-0.2, 0) is 9.53 Å². The molecule has 1 atom stereocenters. The van der Waals surface area contributed by atoms with E-state index in [9.17, 15) is 14.9 Å². The van der Waals surface area contributed by atoms with Crippen LogP contribution in [0.2, 0.25) is 0 Å². The minimum absolute atomic E-state index is 0.0151. The SMILES string of the molecule is COC(=O)C1=C(N)n2c(sc(=Cc3ccccc3)c2=O)=C(C#N)C1c1ccccc1. The maximum Gasteiger partial charge on any atom is 0.338 e. The molecule has 0 radical (unpaired) electrons. The third-order valence-electron chi connectivity index (χ3n) is 4.90. The van der Waals surface area contributed by atoms with E-state index in [0.717, 1.165) is 11.1 Å². The van der Waals surface area contributed by atoms with Crippen LogP contribution in [0.1, 0.15) is 17.0 Å². The lowest BCUT2D eigenvalue weighted by molar-refractivity contribution is -0.136. The molecule has 1 aromatic heterocycles. The average Bonchev–Trinajstić information content (AvgIpc) is 3.10. The zero-order valence-electron chi connectivity index (χ0n) is 16.0. The van der Waals surface area contributed by atoms with Crippen LogP contribution in [-0.4, -0.2) is 17.6 Å². The molecule has 0 spiro atoms. The first-order valence-corrected chi connectivity index (χ1v) is 9.94. The number of carbonyl (C=O) groups is 1. The number of nitriles is 1. The molecule has 2 heterocycles. The van der Waals surface area contributed by atoms with Crippen molar-refractivity contribution in [2.75, 3.05) is 7.11 Å². The number of rotatable bonds is 3. The summed E-state index contributed by atoms with van der Waals surface area (Å²) < 4.78 is 7.02. The monoisotopic (exact) mass is 415 g/mol. The Morgan fingerprint density at radius 1 is 1.17 bits per heavy atom. The average molecular weight is 415 g/mol. The maximum atomic E-state index is 13.1. The second-order valence-corrected chi connectivity index (χ2v) is 7.66. The molecule has 2 N–H and O–H groups in total. The highest BCUT2D eigenvalue weighted by molar-refractivity contribution is 7.07. The number of fused-ring (bicyclic) bond motifs is 1. The molecule has 148 valence electrons. The van der Waals surface area contributed by atoms with Crippen LogP contribution in [0, 0.1) is 11.3 Å². The van der Waals surface area contributed by atoms with Gasteiger partial charge in [0.25, 0.3) is 5.56 Å². The van der Waals surface area contributed by atoms with Crippen molar-refractivity contribution in [2.45, 2.75) is 5.92 Å². The van der Waals surface area contributed by atoms with Gasteiger partial charge >= 0.3 is 5.97 Å². The first-order valence-electron chi connectivity index (χ1n) is 9.13. The quantitative estimate of drug-likeness (QED) is 0.654. The van der Waals surface area contributed by atoms with Gasteiger partial charge in [0.05, 0.1) is 34.8 Å². The van der Waals surface area contributed by atoms with E-state index in [0.29, 0.717) is 9.20 Å². The summed E-state index contributed by atoms with van der Waals surface area (Å²) in [4.78, 5) is 25.8. The van der Waals surface area contributed by atoms with Gasteiger partial charge < -0.3 is 10.5 Å². The zero-order chi connectivity index (χ0) is 21.3. The van der Waals surface area contributed by atoms with Crippen molar-refractivity contribution in [1.29, 1.82) is 5.26 Å². The van der Waals surface area contributed by atoms with Gasteiger partial charge in [0.2, 0.25) is 0 Å². The van der Waals surface area contributed by atoms with Gasteiger partial charge in [-0.2, -0.15) is 5.26 Å². The number of methoxy groups -OCH3 is 1. The lowest BCUT2D eigenvalue weighted by Gasteiger charge is -2.24. The summed E-state index contributed by atoms with van der Waals surface area (Å²) in [7, 11) is 1.25. The molecule has 0 saturated carbocycles. The Morgan fingerprint density at radius 2 is 1.80 bits per heavy atom. The number of nitrogens with two attached hydrogens (primary N) is 1. The van der Waals surface area contributed by atoms with Gasteiger partial charge in [-0.3, -0.25) is 9.36 Å². The smallest absolute Gasteiger partial charge is 0.338 e. The summed E-state index contributed by atoms with van der Waals surface area (Å²) >= 11 is 1.18. The standard InChI is InChI=1S/C23H17N3O3S/c1-29-23(28)19-18(15-10-6-3-7-11-15)16(13-24)22-26(20(19)25)21(27)17(30-22)12-14-8-4-2-5-9-14/h2-12,18H,25H2,1H3. The van der Waals surface area contributed by atoms with Crippen LogP contribution >= 0.6 is 11.3 Å². The molecule has 0 amide bonds. The molecule has 6 nitrogen and oxygen atoms in total. The van der Waals surface area contributed by atoms with E-state index in [1.165, 1.54) is 23.0 Å². The predicted molar refractivity (Wildman–Crippen MR) is 115 cm³/mol. The summed E-state index contributed by atoms with van der Waals surface area (Å²) in [6.45, 7) is 0. The van der Waals surface area contributed by atoms with Gasteiger partial charge in [-0.25, -0.2) is 4.79 Å². The molecule has 7 heteroatoms. The first kappa shape index (κ1) is 19.4. The number of hydrogen-bond donors (Lipinski definition) is 1. The molecule has 0 aliphatic carbocycles. The van der Waals surface area contributed by atoms with Crippen molar-refractivity contribution < 1.29 is 9.53 Å². The van der Waals surface area contributed by atoms with Gasteiger partial charge in [0, 0.05) is 0 Å². The highest BCUT2D eigenvalue weighted by Gasteiger charge is 2.36. The molecular formula is C23H17N3O3S. The van der Waals surface area contributed by atoms with Gasteiger partial charge in [-0.1, -0.05) is 60.7 Å². The highest BCUT2D eigenvalue weighted by atomic mass is 32.1. The van der Waals surface area contributed by atoms with Crippen molar-refractivity contribution in [3.05, 3.63) is 96.9 Å². The summed E-state index contributed by atoms with van der Waals surface area (Å²) in [6, 6.07) is 20.7. The Bertz CT molecular complexity index is 1380. The van der Waals surface area contributed by atoms with E-state index in [1.54, 1.807) is 6.08 Å². The van der Waals surface area contributed by atoms with Crippen LogP contribution in [0.5, 0.6) is 0 Å². The number of nitrogens with zero attached hydrogens (tertiary/aromatic N) is 2. The summed E-state index contributed by atoms with van der Waals surface area (Å²) in [5.74, 6) is -1.41.